The van der Waals surface area contributed by atoms with Gasteiger partial charge in [0.25, 0.3) is 0 Å². The summed E-state index contributed by atoms with van der Waals surface area (Å²) in [7, 11) is 0. The highest BCUT2D eigenvalue weighted by atomic mass is 14.6. The quantitative estimate of drug-likeness (QED) is 0.531. The van der Waals surface area contributed by atoms with Crippen molar-refractivity contribution in [3.05, 3.63) is 34.9 Å². The van der Waals surface area contributed by atoms with E-state index in [0.29, 0.717) is 0 Å². The van der Waals surface area contributed by atoms with E-state index in [0.717, 1.165) is 0 Å². The topological polar surface area (TPSA) is 47.6 Å². The van der Waals surface area contributed by atoms with Crippen LogP contribution in [-0.4, -0.2) is 0 Å². The highest BCUT2D eigenvalue weighted by Gasteiger charge is 1.87. The largest absolute Gasteiger partial charge is 0.0564 e. The van der Waals surface area contributed by atoms with Crippen LogP contribution < -0.4 is 0 Å². The van der Waals surface area contributed by atoms with Crippen LogP contribution in [0.1, 0.15) is 16.7 Å². The van der Waals surface area contributed by atoms with Crippen molar-refractivity contribution in [1.29, 1.82) is 10.8 Å². The van der Waals surface area contributed by atoms with Gasteiger partial charge in [-0.3, -0.25) is 0 Å². The molecule has 0 fully saturated rings. The zero-order valence-corrected chi connectivity index (χ0v) is 7.13. The van der Waals surface area contributed by atoms with Crippen molar-refractivity contribution in [1.82, 2.24) is 0 Å². The Morgan fingerprint density at radius 3 is 1.09 bits per heavy atom. The van der Waals surface area contributed by atoms with Crippen molar-refractivity contribution >= 4 is 0 Å². The van der Waals surface area contributed by atoms with Crippen molar-refractivity contribution in [3.8, 4) is 0 Å². The van der Waals surface area contributed by atoms with E-state index >= 15 is 0 Å². The van der Waals surface area contributed by atoms with Crippen molar-refractivity contribution in [3.63, 3.8) is 0 Å². The van der Waals surface area contributed by atoms with Crippen LogP contribution in [0.5, 0.6) is 0 Å². The molecule has 0 bridgehead atoms. The molecule has 1 aromatic rings. The van der Waals surface area contributed by atoms with Crippen LogP contribution >= 0.6 is 0 Å². The average molecular weight is 148 g/mol. The fourth-order valence-corrected chi connectivity index (χ4v) is 1.20. The van der Waals surface area contributed by atoms with E-state index in [1.807, 2.05) is 0 Å². The second-order valence-corrected chi connectivity index (χ2v) is 2.67. The first-order chi connectivity index (χ1) is 5.18. The Hall–Kier alpha value is -1.36. The van der Waals surface area contributed by atoms with Crippen LogP contribution in [0.3, 0.4) is 0 Å². The molecule has 0 radical (unpaired) electrons. The standard InChI is InChI=1S/C9H12.N2/c1-7-4-8(2)6-9(3)5-7;1-2/h4-6H,1-3H3;. The van der Waals surface area contributed by atoms with Crippen LogP contribution in [0.4, 0.5) is 0 Å². The zero-order valence-electron chi connectivity index (χ0n) is 7.13. The van der Waals surface area contributed by atoms with Gasteiger partial charge in [0.05, 0.1) is 0 Å². The second-order valence-electron chi connectivity index (χ2n) is 2.67. The Morgan fingerprint density at radius 1 is 0.727 bits per heavy atom. The number of hydrogen-bond acceptors (Lipinski definition) is 2. The third-order valence-electron chi connectivity index (χ3n) is 1.37. The van der Waals surface area contributed by atoms with Crippen LogP contribution in [0.25, 0.3) is 0 Å². The van der Waals surface area contributed by atoms with E-state index in [1.165, 1.54) is 16.7 Å². The summed E-state index contributed by atoms with van der Waals surface area (Å²) in [6.45, 7) is 6.38. The summed E-state index contributed by atoms with van der Waals surface area (Å²) in [5, 5.41) is 12.0. The molecule has 1 rings (SSSR count). The molecule has 2 nitrogen and oxygen atoms in total. The van der Waals surface area contributed by atoms with E-state index in [2.05, 4.69) is 39.0 Å². The van der Waals surface area contributed by atoms with Crippen molar-refractivity contribution in [2.75, 3.05) is 0 Å². The molecule has 0 spiro atoms. The van der Waals surface area contributed by atoms with Crippen LogP contribution in [-0.2, 0) is 0 Å². The molecule has 11 heavy (non-hydrogen) atoms. The number of nitrogens with zero attached hydrogens (tertiary/aromatic N) is 2. The van der Waals surface area contributed by atoms with Gasteiger partial charge in [0.1, 0.15) is 0 Å². The molecule has 0 saturated carbocycles. The molecule has 0 unspecified atom stereocenters. The Kier molecular flexibility index (Phi) is 3.90. The minimum atomic E-state index is 1.35. The number of aryl methyl sites for hydroxylation is 3. The Bertz CT molecular complexity index is 201. The summed E-state index contributed by atoms with van der Waals surface area (Å²) in [6.07, 6.45) is 0. The smallest absolute Gasteiger partial charge is 0 e. The first-order valence-corrected chi connectivity index (χ1v) is 3.43. The molecule has 58 valence electrons. The predicted molar refractivity (Wildman–Crippen MR) is 44.1 cm³/mol. The van der Waals surface area contributed by atoms with Gasteiger partial charge in [-0.15, -0.1) is 0 Å². The van der Waals surface area contributed by atoms with Gasteiger partial charge >= 0.3 is 0 Å². The van der Waals surface area contributed by atoms with Gasteiger partial charge in [-0.25, -0.2) is 0 Å². The summed E-state index contributed by atoms with van der Waals surface area (Å²) >= 11 is 0. The summed E-state index contributed by atoms with van der Waals surface area (Å²) in [5.41, 5.74) is 4.06. The monoisotopic (exact) mass is 148 g/mol. The normalized spacial score (nSPS) is 8.09. The van der Waals surface area contributed by atoms with E-state index in [9.17, 15) is 0 Å². The maximum atomic E-state index is 6.00. The Labute approximate surface area is 67.3 Å². The maximum Gasteiger partial charge on any atom is 0 e. The molecule has 0 aliphatic rings. The van der Waals surface area contributed by atoms with Crippen molar-refractivity contribution in [2.24, 2.45) is 0 Å². The van der Waals surface area contributed by atoms with E-state index < -0.39 is 0 Å². The molecular weight excluding hydrogens is 136 g/mol. The zero-order chi connectivity index (χ0) is 8.85. The molecule has 2 heteroatoms. The molecule has 1 aromatic carbocycles. The molecule has 0 heterocycles. The third-order valence-corrected chi connectivity index (χ3v) is 1.37. The maximum absolute atomic E-state index is 6.00. The van der Waals surface area contributed by atoms with E-state index in [1.54, 1.807) is 0 Å². The molecule has 0 atom stereocenters. The molecule has 0 aliphatic carbocycles. The van der Waals surface area contributed by atoms with Crippen LogP contribution in [0.2, 0.25) is 0 Å². The van der Waals surface area contributed by atoms with Gasteiger partial charge in [0.2, 0.25) is 0 Å². The fourth-order valence-electron chi connectivity index (χ4n) is 1.20. The molecule has 0 N–H and O–H groups in total. The SMILES string of the molecule is Cc1cc(C)cc(C)c1.N#N. The number of rotatable bonds is 0. The molecule has 0 saturated heterocycles. The van der Waals surface area contributed by atoms with Gasteiger partial charge in [-0.05, 0) is 20.8 Å². The molecule has 0 amide bonds. The Morgan fingerprint density at radius 2 is 0.909 bits per heavy atom. The van der Waals surface area contributed by atoms with Crippen molar-refractivity contribution < 1.29 is 0 Å². The highest BCUT2D eigenvalue weighted by Crippen LogP contribution is 2.06. The minimum absolute atomic E-state index is 1.35. The molecule has 0 aliphatic heterocycles. The average Bonchev–Trinajstić information content (AvgIpc) is 1.88. The summed E-state index contributed by atoms with van der Waals surface area (Å²) in [4.78, 5) is 0. The lowest BCUT2D eigenvalue weighted by atomic mass is 10.1. The lowest BCUT2D eigenvalue weighted by Crippen LogP contribution is -1.78. The van der Waals surface area contributed by atoms with Crippen molar-refractivity contribution in [2.45, 2.75) is 20.8 Å². The van der Waals surface area contributed by atoms with Crippen LogP contribution in [0.15, 0.2) is 18.2 Å². The van der Waals surface area contributed by atoms with Gasteiger partial charge in [0.15, 0.2) is 0 Å². The summed E-state index contributed by atoms with van der Waals surface area (Å²) in [5.74, 6) is 0. The number of benzene rings is 1. The second kappa shape index (κ2) is 4.45. The van der Waals surface area contributed by atoms with Gasteiger partial charge in [-0.1, -0.05) is 34.9 Å². The predicted octanol–water partition coefficient (Wildman–Crippen LogP) is 2.64. The van der Waals surface area contributed by atoms with Gasteiger partial charge in [-0.2, -0.15) is 0 Å². The number of hydrogen-bond donors (Lipinski definition) is 0. The lowest BCUT2D eigenvalue weighted by molar-refractivity contribution is 1.15. The van der Waals surface area contributed by atoms with E-state index in [4.69, 9.17) is 10.8 Å². The summed E-state index contributed by atoms with van der Waals surface area (Å²) in [6, 6.07) is 6.56. The molecular formula is C9H12N2. The van der Waals surface area contributed by atoms with Gasteiger partial charge < -0.3 is 0 Å². The summed E-state index contributed by atoms with van der Waals surface area (Å²) < 4.78 is 0. The first kappa shape index (κ1) is 9.64. The van der Waals surface area contributed by atoms with Crippen LogP contribution in [0, 0.1) is 31.6 Å². The molecule has 0 aromatic heterocycles. The lowest BCUT2D eigenvalue weighted by Gasteiger charge is -1.96. The minimum Gasteiger partial charge on any atom is -0.0564 e. The highest BCUT2D eigenvalue weighted by molar-refractivity contribution is 5.27. The van der Waals surface area contributed by atoms with Gasteiger partial charge in [0, 0.05) is 10.8 Å². The van der Waals surface area contributed by atoms with E-state index in [-0.39, 0.29) is 0 Å². The third kappa shape index (κ3) is 3.36. The fraction of sp³-hybridized carbons (Fsp3) is 0.333. The first-order valence-electron chi connectivity index (χ1n) is 3.43. The Balaban J connectivity index is 0.000000461.